The van der Waals surface area contributed by atoms with Crippen LogP contribution in [0.3, 0.4) is 0 Å². The van der Waals surface area contributed by atoms with Crippen LogP contribution in [0.2, 0.25) is 0 Å². The van der Waals surface area contributed by atoms with Crippen molar-refractivity contribution in [2.75, 3.05) is 5.32 Å². The average Bonchev–Trinajstić information content (AvgIpc) is 2.53. The maximum Gasteiger partial charge on any atom is 0.131 e. The molecule has 0 saturated heterocycles. The van der Waals surface area contributed by atoms with Crippen LogP contribution in [0.4, 0.5) is 5.69 Å². The number of hydrogen-bond acceptors (Lipinski definition) is 3. The Labute approximate surface area is 149 Å². The van der Waals surface area contributed by atoms with E-state index in [1.807, 2.05) is 18.2 Å². The lowest BCUT2D eigenvalue weighted by atomic mass is 9.70. The van der Waals surface area contributed by atoms with E-state index >= 15 is 0 Å². The van der Waals surface area contributed by atoms with Gasteiger partial charge in [-0.2, -0.15) is 0 Å². The Bertz CT molecular complexity index is 853. The molecule has 3 nitrogen and oxygen atoms in total. The van der Waals surface area contributed by atoms with E-state index in [-0.39, 0.29) is 17.3 Å². The highest BCUT2D eigenvalue weighted by Gasteiger charge is 2.39. The van der Waals surface area contributed by atoms with Crippen LogP contribution >= 0.6 is 0 Å². The van der Waals surface area contributed by atoms with Crippen molar-refractivity contribution in [1.82, 2.24) is 0 Å². The molecular weight excluding hydrogens is 310 g/mol. The molecule has 2 atom stereocenters. The Morgan fingerprint density at radius 2 is 2.12 bits per heavy atom. The molecule has 0 radical (unpaired) electrons. The topological polar surface area (TPSA) is 41.5 Å². The van der Waals surface area contributed by atoms with Crippen LogP contribution in [-0.2, 0) is 5.41 Å². The first-order valence-electron chi connectivity index (χ1n) is 8.96. The summed E-state index contributed by atoms with van der Waals surface area (Å²) in [5.74, 6) is 1.01. The van der Waals surface area contributed by atoms with E-state index < -0.39 is 0 Å². The van der Waals surface area contributed by atoms with Gasteiger partial charge in [-0.05, 0) is 48.1 Å². The Morgan fingerprint density at radius 1 is 1.32 bits per heavy atom. The highest BCUT2D eigenvalue weighted by atomic mass is 16.5. The molecule has 2 aliphatic heterocycles. The summed E-state index contributed by atoms with van der Waals surface area (Å²) in [4.78, 5) is 0. The Kier molecular flexibility index (Phi) is 3.57. The number of ether oxygens (including phenoxy) is 1. The molecule has 0 amide bonds. The number of phenols is 1. The fraction of sp³-hybridized carbons (Fsp3) is 0.364. The van der Waals surface area contributed by atoms with Gasteiger partial charge in [-0.3, -0.25) is 0 Å². The van der Waals surface area contributed by atoms with Crippen molar-refractivity contribution >= 4 is 5.69 Å². The molecular formula is C22H25NO2. The molecule has 0 bridgehead atoms. The smallest absolute Gasteiger partial charge is 0.131 e. The number of benzene rings is 2. The van der Waals surface area contributed by atoms with Crippen molar-refractivity contribution < 1.29 is 9.84 Å². The third-order valence-corrected chi connectivity index (χ3v) is 5.39. The fourth-order valence-corrected chi connectivity index (χ4v) is 4.62. The molecule has 3 heteroatoms. The molecule has 130 valence electrons. The largest absolute Gasteiger partial charge is 0.507 e. The third kappa shape index (κ3) is 2.41. The second-order valence-corrected chi connectivity index (χ2v) is 7.86. The molecule has 2 aromatic rings. The molecule has 2 heterocycles. The van der Waals surface area contributed by atoms with E-state index in [1.54, 1.807) is 6.07 Å². The number of fused-ring (bicyclic) bond motifs is 5. The van der Waals surface area contributed by atoms with Gasteiger partial charge in [-0.25, -0.2) is 0 Å². The van der Waals surface area contributed by atoms with Crippen molar-refractivity contribution in [1.29, 1.82) is 0 Å². The first-order chi connectivity index (χ1) is 11.9. The molecule has 2 aromatic carbocycles. The van der Waals surface area contributed by atoms with Gasteiger partial charge >= 0.3 is 0 Å². The van der Waals surface area contributed by atoms with Crippen molar-refractivity contribution in [3.63, 3.8) is 0 Å². The summed E-state index contributed by atoms with van der Waals surface area (Å²) >= 11 is 0. The summed E-state index contributed by atoms with van der Waals surface area (Å²) < 4.78 is 6.31. The van der Waals surface area contributed by atoms with Crippen LogP contribution < -0.4 is 10.1 Å². The minimum Gasteiger partial charge on any atom is -0.507 e. The average molecular weight is 335 g/mol. The van der Waals surface area contributed by atoms with Gasteiger partial charge in [0, 0.05) is 23.7 Å². The molecule has 2 unspecified atom stereocenters. The van der Waals surface area contributed by atoms with Gasteiger partial charge in [-0.1, -0.05) is 32.1 Å². The second-order valence-electron chi connectivity index (χ2n) is 7.86. The van der Waals surface area contributed by atoms with Gasteiger partial charge in [0.05, 0.1) is 5.56 Å². The Morgan fingerprint density at radius 3 is 2.88 bits per heavy atom. The van der Waals surface area contributed by atoms with Crippen LogP contribution in [0.15, 0.2) is 43.0 Å². The number of aromatic hydroxyl groups is 1. The maximum atomic E-state index is 10.5. The number of phenolic OH excluding ortho intramolecular Hbond substituents is 1. The van der Waals surface area contributed by atoms with E-state index in [0.717, 1.165) is 29.7 Å². The first-order valence-corrected chi connectivity index (χ1v) is 8.96. The minimum absolute atomic E-state index is 0.0377. The zero-order valence-corrected chi connectivity index (χ0v) is 15.1. The molecule has 0 aromatic heterocycles. The normalized spacial score (nSPS) is 22.7. The van der Waals surface area contributed by atoms with E-state index in [2.05, 4.69) is 44.8 Å². The van der Waals surface area contributed by atoms with E-state index in [1.165, 1.54) is 16.8 Å². The zero-order valence-electron chi connectivity index (χ0n) is 15.1. The van der Waals surface area contributed by atoms with Crippen LogP contribution in [-0.4, -0.2) is 11.1 Å². The summed E-state index contributed by atoms with van der Waals surface area (Å²) in [6.07, 6.45) is 3.63. The van der Waals surface area contributed by atoms with Crippen molar-refractivity contribution in [2.45, 2.75) is 51.2 Å². The lowest BCUT2D eigenvalue weighted by molar-refractivity contribution is 0.201. The summed E-state index contributed by atoms with van der Waals surface area (Å²) in [5, 5.41) is 14.1. The standard InChI is InChI=1S/C22H25NO2/c1-5-7-17-20-14(19-16(24)8-6-9-18(19)25-17)10-11-15-21(20)22(3,4)12-13(2)23-15/h5-6,8-11,13,17,23-24H,1,7,12H2,2-4H3. The third-order valence-electron chi connectivity index (χ3n) is 5.39. The number of hydrogen-bond donors (Lipinski definition) is 2. The lowest BCUT2D eigenvalue weighted by Crippen LogP contribution is -2.36. The first kappa shape index (κ1) is 16.1. The molecule has 2 aliphatic rings. The van der Waals surface area contributed by atoms with Gasteiger partial charge in [0.1, 0.15) is 17.6 Å². The summed E-state index contributed by atoms with van der Waals surface area (Å²) in [6.45, 7) is 10.7. The van der Waals surface area contributed by atoms with Crippen LogP contribution in [0.1, 0.15) is 50.8 Å². The Balaban J connectivity index is 2.03. The summed E-state index contributed by atoms with van der Waals surface area (Å²) in [6, 6.07) is 10.2. The molecule has 0 aliphatic carbocycles. The zero-order chi connectivity index (χ0) is 17.8. The van der Waals surface area contributed by atoms with Gasteiger partial charge in [-0.15, -0.1) is 6.58 Å². The van der Waals surface area contributed by atoms with E-state index in [0.29, 0.717) is 6.04 Å². The molecule has 2 N–H and O–H groups in total. The predicted molar refractivity (Wildman–Crippen MR) is 102 cm³/mol. The number of anilines is 1. The second kappa shape index (κ2) is 5.55. The van der Waals surface area contributed by atoms with Gasteiger partial charge in [0.25, 0.3) is 0 Å². The van der Waals surface area contributed by atoms with Crippen LogP contribution in [0.5, 0.6) is 11.5 Å². The molecule has 0 spiro atoms. The van der Waals surface area contributed by atoms with Crippen molar-refractivity contribution in [3.8, 4) is 22.6 Å². The monoisotopic (exact) mass is 335 g/mol. The summed E-state index contributed by atoms with van der Waals surface area (Å²) in [7, 11) is 0. The van der Waals surface area contributed by atoms with Gasteiger partial charge in [0.2, 0.25) is 0 Å². The maximum absolute atomic E-state index is 10.5. The quantitative estimate of drug-likeness (QED) is 0.707. The predicted octanol–water partition coefficient (Wildman–Crippen LogP) is 5.55. The lowest BCUT2D eigenvalue weighted by Gasteiger charge is -2.42. The number of rotatable bonds is 2. The number of nitrogens with one attached hydrogen (secondary N) is 1. The van der Waals surface area contributed by atoms with Crippen molar-refractivity contribution in [2.24, 2.45) is 0 Å². The van der Waals surface area contributed by atoms with E-state index in [4.69, 9.17) is 4.74 Å². The molecule has 4 rings (SSSR count). The molecule has 25 heavy (non-hydrogen) atoms. The SMILES string of the molecule is C=CCC1Oc2cccc(O)c2-c2ccc3c(c21)C(C)(C)CC(C)N3. The van der Waals surface area contributed by atoms with Crippen LogP contribution in [0.25, 0.3) is 11.1 Å². The Hall–Kier alpha value is -2.42. The molecule has 0 fully saturated rings. The van der Waals surface area contributed by atoms with E-state index in [9.17, 15) is 5.11 Å². The summed E-state index contributed by atoms with van der Waals surface area (Å²) in [5.41, 5.74) is 5.60. The highest BCUT2D eigenvalue weighted by molar-refractivity contribution is 5.84. The van der Waals surface area contributed by atoms with Crippen LogP contribution in [0, 0.1) is 0 Å². The minimum atomic E-state index is -0.0776. The van der Waals surface area contributed by atoms with Gasteiger partial charge in [0.15, 0.2) is 0 Å². The van der Waals surface area contributed by atoms with Gasteiger partial charge < -0.3 is 15.2 Å². The van der Waals surface area contributed by atoms with Crippen molar-refractivity contribution in [3.05, 3.63) is 54.1 Å². The highest BCUT2D eigenvalue weighted by Crippen LogP contribution is 2.53. The fourth-order valence-electron chi connectivity index (χ4n) is 4.62. The molecule has 0 saturated carbocycles.